The van der Waals surface area contributed by atoms with Crippen molar-refractivity contribution in [1.82, 2.24) is 10.2 Å². The number of likely N-dealkylation sites (tertiary alicyclic amines) is 1. The van der Waals surface area contributed by atoms with Gasteiger partial charge in [-0.3, -0.25) is 4.99 Å². The van der Waals surface area contributed by atoms with E-state index < -0.39 is 0 Å². The Morgan fingerprint density at radius 3 is 2.46 bits per heavy atom. The lowest BCUT2D eigenvalue weighted by atomic mass is 10.1. The van der Waals surface area contributed by atoms with Gasteiger partial charge in [0.1, 0.15) is 0 Å². The number of aliphatic imine (C=N–C) groups is 1. The first-order valence-corrected chi connectivity index (χ1v) is 9.67. The maximum Gasteiger partial charge on any atom is 0.193 e. The molecule has 140 valence electrons. The van der Waals surface area contributed by atoms with Crippen LogP contribution in [-0.2, 0) is 14.2 Å². The van der Waals surface area contributed by atoms with Crippen molar-refractivity contribution in [3.63, 3.8) is 0 Å². The van der Waals surface area contributed by atoms with Crippen molar-refractivity contribution in [3.8, 4) is 0 Å². The molecule has 2 aliphatic rings. The predicted octanol–water partition coefficient (Wildman–Crippen LogP) is 2.04. The van der Waals surface area contributed by atoms with Gasteiger partial charge in [0.15, 0.2) is 5.96 Å². The van der Waals surface area contributed by atoms with Crippen LogP contribution in [0.25, 0.3) is 0 Å². The first-order valence-electron chi connectivity index (χ1n) is 9.67. The summed E-state index contributed by atoms with van der Waals surface area (Å²) >= 11 is 0. The highest BCUT2D eigenvalue weighted by Gasteiger charge is 2.21. The van der Waals surface area contributed by atoms with Crippen LogP contribution in [0.4, 0.5) is 0 Å². The zero-order chi connectivity index (χ0) is 17.0. The lowest BCUT2D eigenvalue weighted by Gasteiger charge is -2.34. The zero-order valence-corrected chi connectivity index (χ0v) is 15.5. The standard InChI is InChI=1S/C18H35N3O3/c1-3-19-18(21-11-6-16(7-12-21)23-4-2)20-10-5-13-24-17-8-14-22-15-9-17/h16-17H,3-15H2,1-2H3,(H,19,20). The molecule has 0 atom stereocenters. The average Bonchev–Trinajstić information content (AvgIpc) is 2.62. The van der Waals surface area contributed by atoms with Gasteiger partial charge >= 0.3 is 0 Å². The third-order valence-electron chi connectivity index (χ3n) is 4.56. The fourth-order valence-electron chi connectivity index (χ4n) is 3.24. The van der Waals surface area contributed by atoms with E-state index in [1.54, 1.807) is 0 Å². The molecule has 0 aliphatic carbocycles. The lowest BCUT2D eigenvalue weighted by molar-refractivity contribution is -0.0318. The number of nitrogens with zero attached hydrogens (tertiary/aromatic N) is 2. The van der Waals surface area contributed by atoms with Crippen LogP contribution in [0, 0.1) is 0 Å². The molecule has 2 rings (SSSR count). The number of nitrogens with one attached hydrogen (secondary N) is 1. The van der Waals surface area contributed by atoms with Crippen molar-refractivity contribution >= 4 is 5.96 Å². The van der Waals surface area contributed by atoms with Crippen LogP contribution in [0.2, 0.25) is 0 Å². The normalized spacial score (nSPS) is 21.2. The molecule has 0 aromatic heterocycles. The second-order valence-corrected chi connectivity index (χ2v) is 6.41. The summed E-state index contributed by atoms with van der Waals surface area (Å²) in [7, 11) is 0. The minimum Gasteiger partial charge on any atom is -0.381 e. The summed E-state index contributed by atoms with van der Waals surface area (Å²) in [5.74, 6) is 1.04. The molecule has 2 fully saturated rings. The van der Waals surface area contributed by atoms with Crippen LogP contribution in [0.5, 0.6) is 0 Å². The summed E-state index contributed by atoms with van der Waals surface area (Å²) in [5.41, 5.74) is 0. The second kappa shape index (κ2) is 11.7. The van der Waals surface area contributed by atoms with Gasteiger partial charge in [0.2, 0.25) is 0 Å². The molecular formula is C18H35N3O3. The van der Waals surface area contributed by atoms with Crippen molar-refractivity contribution in [1.29, 1.82) is 0 Å². The van der Waals surface area contributed by atoms with E-state index in [0.29, 0.717) is 12.2 Å². The molecule has 2 aliphatic heterocycles. The highest BCUT2D eigenvalue weighted by molar-refractivity contribution is 5.80. The largest absolute Gasteiger partial charge is 0.381 e. The third kappa shape index (κ3) is 6.95. The van der Waals surface area contributed by atoms with E-state index in [0.717, 1.165) is 90.7 Å². The van der Waals surface area contributed by atoms with E-state index in [4.69, 9.17) is 19.2 Å². The van der Waals surface area contributed by atoms with Crippen molar-refractivity contribution < 1.29 is 14.2 Å². The Morgan fingerprint density at radius 2 is 1.79 bits per heavy atom. The maximum absolute atomic E-state index is 5.91. The first-order chi connectivity index (χ1) is 11.8. The van der Waals surface area contributed by atoms with Crippen LogP contribution in [0.3, 0.4) is 0 Å². The summed E-state index contributed by atoms with van der Waals surface area (Å²) in [6, 6.07) is 0. The summed E-state index contributed by atoms with van der Waals surface area (Å²) in [6.45, 7) is 11.2. The predicted molar refractivity (Wildman–Crippen MR) is 96.6 cm³/mol. The Balaban J connectivity index is 1.66. The number of piperidine rings is 1. The Labute approximate surface area is 146 Å². The molecule has 1 N–H and O–H groups in total. The van der Waals surface area contributed by atoms with Gasteiger partial charge in [-0.15, -0.1) is 0 Å². The first kappa shape index (κ1) is 19.5. The van der Waals surface area contributed by atoms with Gasteiger partial charge in [-0.05, 0) is 46.0 Å². The van der Waals surface area contributed by atoms with Gasteiger partial charge in [-0.2, -0.15) is 0 Å². The van der Waals surface area contributed by atoms with Crippen LogP contribution >= 0.6 is 0 Å². The fraction of sp³-hybridized carbons (Fsp3) is 0.944. The number of rotatable bonds is 8. The van der Waals surface area contributed by atoms with E-state index in [-0.39, 0.29) is 0 Å². The van der Waals surface area contributed by atoms with Gasteiger partial charge in [-0.25, -0.2) is 0 Å². The van der Waals surface area contributed by atoms with Crippen molar-refractivity contribution in [3.05, 3.63) is 0 Å². The van der Waals surface area contributed by atoms with E-state index in [2.05, 4.69) is 24.1 Å². The molecule has 6 heteroatoms. The van der Waals surface area contributed by atoms with E-state index >= 15 is 0 Å². The van der Waals surface area contributed by atoms with Gasteiger partial charge in [0, 0.05) is 52.6 Å². The van der Waals surface area contributed by atoms with E-state index in [1.165, 1.54) is 0 Å². The summed E-state index contributed by atoms with van der Waals surface area (Å²) < 4.78 is 17.0. The number of ether oxygens (including phenoxy) is 3. The molecule has 2 heterocycles. The molecule has 0 unspecified atom stereocenters. The average molecular weight is 341 g/mol. The molecule has 24 heavy (non-hydrogen) atoms. The van der Waals surface area contributed by atoms with E-state index in [9.17, 15) is 0 Å². The Morgan fingerprint density at radius 1 is 1.08 bits per heavy atom. The molecule has 0 aromatic rings. The third-order valence-corrected chi connectivity index (χ3v) is 4.56. The highest BCUT2D eigenvalue weighted by Crippen LogP contribution is 2.14. The topological polar surface area (TPSA) is 55.3 Å². The minimum absolute atomic E-state index is 0.383. The minimum atomic E-state index is 0.383. The van der Waals surface area contributed by atoms with Crippen molar-refractivity contribution in [2.75, 3.05) is 52.6 Å². The Hall–Kier alpha value is -0.850. The summed E-state index contributed by atoms with van der Waals surface area (Å²) in [5, 5.41) is 3.42. The van der Waals surface area contributed by atoms with Crippen LogP contribution in [-0.4, -0.2) is 75.7 Å². The summed E-state index contributed by atoms with van der Waals surface area (Å²) in [4.78, 5) is 7.14. The molecule has 0 spiro atoms. The second-order valence-electron chi connectivity index (χ2n) is 6.41. The number of guanidine groups is 1. The molecule has 0 saturated carbocycles. The molecular weight excluding hydrogens is 306 g/mol. The highest BCUT2D eigenvalue weighted by atomic mass is 16.5. The van der Waals surface area contributed by atoms with Gasteiger partial charge < -0.3 is 24.4 Å². The maximum atomic E-state index is 5.91. The molecule has 2 saturated heterocycles. The fourth-order valence-corrected chi connectivity index (χ4v) is 3.24. The smallest absolute Gasteiger partial charge is 0.193 e. The van der Waals surface area contributed by atoms with E-state index in [1.807, 2.05) is 0 Å². The number of hydrogen-bond acceptors (Lipinski definition) is 4. The van der Waals surface area contributed by atoms with Gasteiger partial charge in [0.25, 0.3) is 0 Å². The van der Waals surface area contributed by atoms with Crippen LogP contribution in [0.15, 0.2) is 4.99 Å². The SMILES string of the molecule is CCNC(=NCCCOC1CCOCC1)N1CCC(OCC)CC1. The molecule has 0 bridgehead atoms. The Bertz CT molecular complexity index is 351. The van der Waals surface area contributed by atoms with Crippen LogP contribution in [0.1, 0.15) is 46.0 Å². The Kier molecular flexibility index (Phi) is 9.46. The number of hydrogen-bond donors (Lipinski definition) is 1. The van der Waals surface area contributed by atoms with Crippen molar-refractivity contribution in [2.24, 2.45) is 4.99 Å². The lowest BCUT2D eigenvalue weighted by Crippen LogP contribution is -2.47. The summed E-state index contributed by atoms with van der Waals surface area (Å²) in [6.07, 6.45) is 6.01. The molecule has 0 radical (unpaired) electrons. The quantitative estimate of drug-likeness (QED) is 0.416. The zero-order valence-electron chi connectivity index (χ0n) is 15.5. The molecule has 6 nitrogen and oxygen atoms in total. The molecule has 0 aromatic carbocycles. The van der Waals surface area contributed by atoms with Crippen molar-refractivity contribution in [2.45, 2.75) is 58.2 Å². The van der Waals surface area contributed by atoms with Crippen LogP contribution < -0.4 is 5.32 Å². The van der Waals surface area contributed by atoms with Gasteiger partial charge in [-0.1, -0.05) is 0 Å². The monoisotopic (exact) mass is 341 g/mol. The molecule has 0 amide bonds. The van der Waals surface area contributed by atoms with Gasteiger partial charge in [0.05, 0.1) is 12.2 Å².